The lowest BCUT2D eigenvalue weighted by Gasteiger charge is -1.69. The van der Waals surface area contributed by atoms with Crippen LogP contribution in [-0.4, -0.2) is 10.2 Å². The van der Waals surface area contributed by atoms with Gasteiger partial charge in [0.15, 0.2) is 0 Å². The Morgan fingerprint density at radius 3 is 1.50 bits per heavy atom. The van der Waals surface area contributed by atoms with Crippen molar-refractivity contribution in [1.82, 2.24) is 10.2 Å². The molecule has 2 heteroatoms. The lowest BCUT2D eigenvalue weighted by Crippen LogP contribution is -1.69. The number of benzene rings is 1. The maximum absolute atomic E-state index is 3.53. The summed E-state index contributed by atoms with van der Waals surface area (Å²) in [5.74, 6) is 0. The van der Waals surface area contributed by atoms with Crippen LogP contribution in [0.2, 0.25) is 0 Å². The van der Waals surface area contributed by atoms with Gasteiger partial charge in [0.1, 0.15) is 0 Å². The summed E-state index contributed by atoms with van der Waals surface area (Å²) in [5.41, 5.74) is 2.85. The van der Waals surface area contributed by atoms with Gasteiger partial charge in [0.25, 0.3) is 0 Å². The van der Waals surface area contributed by atoms with Crippen molar-refractivity contribution >= 4 is 0 Å². The molecule has 0 aromatic carbocycles. The average molecular weight is 156 g/mol. The molecule has 2 aliphatic rings. The van der Waals surface area contributed by atoms with E-state index in [4.69, 9.17) is 0 Å². The van der Waals surface area contributed by atoms with Crippen molar-refractivity contribution in [3.05, 3.63) is 48.8 Å². The fourth-order valence-corrected chi connectivity index (χ4v) is 0.929. The average Bonchev–Trinajstić information content (AvgIpc) is 2.78. The summed E-state index contributed by atoms with van der Waals surface area (Å²) in [5, 5.41) is 7.07. The monoisotopic (exact) mass is 156 g/mol. The zero-order valence-electron chi connectivity index (χ0n) is 6.51. The maximum atomic E-state index is 3.53. The minimum Gasteiger partial charge on any atom is -0.159 e. The van der Waals surface area contributed by atoms with Gasteiger partial charge < -0.3 is 0 Å². The molecule has 0 N–H and O–H groups in total. The summed E-state index contributed by atoms with van der Waals surface area (Å²) in [6, 6.07) is 12.1. The Morgan fingerprint density at radius 1 is 0.750 bits per heavy atom. The van der Waals surface area contributed by atoms with Crippen molar-refractivity contribution in [2.75, 3.05) is 0 Å². The number of hydrogen-bond acceptors (Lipinski definition) is 2. The van der Waals surface area contributed by atoms with Crippen molar-refractivity contribution in [1.29, 1.82) is 0 Å². The molecule has 2 nitrogen and oxygen atoms in total. The van der Waals surface area contributed by atoms with Gasteiger partial charge in [0.05, 0.1) is 0 Å². The van der Waals surface area contributed by atoms with E-state index in [-0.39, 0.29) is 0 Å². The van der Waals surface area contributed by atoms with Gasteiger partial charge in [-0.3, -0.25) is 0 Å². The van der Waals surface area contributed by atoms with E-state index in [1.54, 1.807) is 12.4 Å². The second-order valence-electron chi connectivity index (χ2n) is 2.49. The molecule has 0 saturated carbocycles. The van der Waals surface area contributed by atoms with Crippen LogP contribution in [0.25, 0.3) is 11.1 Å². The Hall–Kier alpha value is -1.70. The summed E-state index contributed by atoms with van der Waals surface area (Å²) in [7, 11) is 0. The van der Waals surface area contributed by atoms with Crippen LogP contribution in [-0.2, 0) is 0 Å². The van der Waals surface area contributed by atoms with E-state index in [1.807, 2.05) is 12.1 Å². The minimum atomic E-state index is 1.43. The van der Waals surface area contributed by atoms with Crippen molar-refractivity contribution in [3.63, 3.8) is 0 Å². The summed E-state index contributed by atoms with van der Waals surface area (Å²) >= 11 is 0. The highest BCUT2D eigenvalue weighted by atomic mass is 15.1. The summed E-state index contributed by atoms with van der Waals surface area (Å²) in [6.45, 7) is 0. The van der Waals surface area contributed by atoms with Crippen LogP contribution >= 0.6 is 0 Å². The SMILES string of the molecule is c1cc2cc-2c1.c1ccnnc1. The first-order valence-corrected chi connectivity index (χ1v) is 3.79. The standard InChI is InChI=1S/C6H4.C4H4N2/c1-2-5-4-6(5)3-1;1-2-4-6-5-3-1/h2*1-4H. The predicted octanol–water partition coefficient (Wildman–Crippen LogP) is 2.14. The lowest BCUT2D eigenvalue weighted by atomic mass is 10.6. The minimum absolute atomic E-state index is 1.43. The Kier molecular flexibility index (Phi) is 1.82. The first-order chi connectivity index (χ1) is 5.97. The zero-order chi connectivity index (χ0) is 8.23. The summed E-state index contributed by atoms with van der Waals surface area (Å²) in [6.07, 6.45) is 3.28. The molecule has 0 amide bonds. The van der Waals surface area contributed by atoms with Gasteiger partial charge >= 0.3 is 0 Å². The van der Waals surface area contributed by atoms with Crippen molar-refractivity contribution in [3.8, 4) is 11.1 Å². The molecule has 0 bridgehead atoms. The summed E-state index contributed by atoms with van der Waals surface area (Å²) in [4.78, 5) is 0. The quantitative estimate of drug-likeness (QED) is 0.498. The van der Waals surface area contributed by atoms with Gasteiger partial charge in [-0.15, -0.1) is 0 Å². The van der Waals surface area contributed by atoms with Crippen LogP contribution in [0.3, 0.4) is 0 Å². The molecule has 0 fully saturated rings. The maximum Gasteiger partial charge on any atom is 0.0496 e. The molecule has 12 heavy (non-hydrogen) atoms. The highest BCUT2D eigenvalue weighted by Gasteiger charge is 2.06. The molecule has 0 unspecified atom stereocenters. The summed E-state index contributed by atoms with van der Waals surface area (Å²) < 4.78 is 0. The predicted molar refractivity (Wildman–Crippen MR) is 47.5 cm³/mol. The molecular weight excluding hydrogens is 148 g/mol. The lowest BCUT2D eigenvalue weighted by molar-refractivity contribution is 1.03. The van der Waals surface area contributed by atoms with Crippen LogP contribution in [0.4, 0.5) is 0 Å². The van der Waals surface area contributed by atoms with Crippen molar-refractivity contribution in [2.24, 2.45) is 0 Å². The van der Waals surface area contributed by atoms with Crippen LogP contribution in [0.15, 0.2) is 48.8 Å². The van der Waals surface area contributed by atoms with Gasteiger partial charge in [0.2, 0.25) is 0 Å². The molecule has 1 aromatic heterocycles. The van der Waals surface area contributed by atoms with E-state index in [0.717, 1.165) is 0 Å². The number of hydrogen-bond donors (Lipinski definition) is 0. The smallest absolute Gasteiger partial charge is 0.0496 e. The van der Waals surface area contributed by atoms with E-state index >= 15 is 0 Å². The number of nitrogens with zero attached hydrogens (tertiary/aromatic N) is 2. The van der Waals surface area contributed by atoms with Gasteiger partial charge in [0, 0.05) is 12.4 Å². The molecular formula is C10H8N2. The molecule has 3 rings (SSSR count). The highest BCUT2D eigenvalue weighted by Crippen LogP contribution is 2.32. The van der Waals surface area contributed by atoms with E-state index in [2.05, 4.69) is 34.5 Å². The number of rotatable bonds is 0. The van der Waals surface area contributed by atoms with E-state index in [1.165, 1.54) is 11.1 Å². The molecule has 0 spiro atoms. The number of aromatic nitrogens is 2. The second-order valence-corrected chi connectivity index (χ2v) is 2.49. The Bertz CT molecular complexity index is 313. The molecule has 0 aliphatic heterocycles. The largest absolute Gasteiger partial charge is 0.159 e. The molecule has 0 saturated heterocycles. The molecule has 1 heterocycles. The Balaban J connectivity index is 0.0000000939. The fourth-order valence-electron chi connectivity index (χ4n) is 0.929. The van der Waals surface area contributed by atoms with Crippen molar-refractivity contribution in [2.45, 2.75) is 0 Å². The first-order valence-electron chi connectivity index (χ1n) is 3.79. The van der Waals surface area contributed by atoms with Gasteiger partial charge in [-0.05, 0) is 29.3 Å². The normalized spacial score (nSPS) is 9.67. The molecule has 2 aliphatic carbocycles. The van der Waals surface area contributed by atoms with Gasteiger partial charge in [-0.2, -0.15) is 10.2 Å². The second kappa shape index (κ2) is 3.13. The first kappa shape index (κ1) is 6.98. The van der Waals surface area contributed by atoms with E-state index in [9.17, 15) is 0 Å². The molecule has 0 radical (unpaired) electrons. The number of fused-ring (bicyclic) bond motifs is 1. The van der Waals surface area contributed by atoms with Crippen LogP contribution in [0, 0.1) is 0 Å². The van der Waals surface area contributed by atoms with Crippen LogP contribution < -0.4 is 0 Å². The Labute approximate surface area is 70.9 Å². The Morgan fingerprint density at radius 2 is 1.33 bits per heavy atom. The zero-order valence-corrected chi connectivity index (χ0v) is 6.51. The molecule has 58 valence electrons. The third kappa shape index (κ3) is 1.66. The van der Waals surface area contributed by atoms with Gasteiger partial charge in [-0.1, -0.05) is 18.2 Å². The highest BCUT2D eigenvalue weighted by molar-refractivity contribution is 5.80. The molecule has 1 aromatic rings. The van der Waals surface area contributed by atoms with E-state index < -0.39 is 0 Å². The van der Waals surface area contributed by atoms with Gasteiger partial charge in [-0.25, -0.2) is 0 Å². The van der Waals surface area contributed by atoms with Crippen LogP contribution in [0.1, 0.15) is 0 Å². The van der Waals surface area contributed by atoms with E-state index in [0.29, 0.717) is 0 Å². The topological polar surface area (TPSA) is 25.8 Å². The third-order valence-electron chi connectivity index (χ3n) is 1.60. The third-order valence-corrected chi connectivity index (χ3v) is 1.60. The fraction of sp³-hybridized carbons (Fsp3) is 0. The van der Waals surface area contributed by atoms with Crippen molar-refractivity contribution < 1.29 is 0 Å². The van der Waals surface area contributed by atoms with Crippen LogP contribution in [0.5, 0.6) is 0 Å². The molecule has 0 atom stereocenters.